The van der Waals surface area contributed by atoms with Gasteiger partial charge in [-0.1, -0.05) is 30.8 Å². The predicted octanol–water partition coefficient (Wildman–Crippen LogP) is 3.18. The van der Waals surface area contributed by atoms with Crippen molar-refractivity contribution in [2.75, 3.05) is 6.61 Å². The molecule has 1 aromatic carbocycles. The maximum Gasteiger partial charge on any atom is 0.329 e. The van der Waals surface area contributed by atoms with Gasteiger partial charge in [0.15, 0.2) is 0 Å². The van der Waals surface area contributed by atoms with Gasteiger partial charge in [-0.05, 0) is 30.2 Å². The third-order valence-electron chi connectivity index (χ3n) is 4.22. The number of nitrogens with zero attached hydrogens (tertiary/aromatic N) is 2. The van der Waals surface area contributed by atoms with E-state index in [9.17, 15) is 9.18 Å². The van der Waals surface area contributed by atoms with E-state index in [0.29, 0.717) is 30.8 Å². The third kappa shape index (κ3) is 3.02. The summed E-state index contributed by atoms with van der Waals surface area (Å²) < 4.78 is 19.3. The van der Waals surface area contributed by atoms with Gasteiger partial charge in [0.2, 0.25) is 5.95 Å². The molecular weight excluding hydrogens is 307 g/mol. The number of fused-ring (bicyclic) bond motifs is 1. The summed E-state index contributed by atoms with van der Waals surface area (Å²) in [6.45, 7) is 6.57. The van der Waals surface area contributed by atoms with Crippen molar-refractivity contribution < 1.29 is 13.9 Å². The Morgan fingerprint density at radius 2 is 2.08 bits per heavy atom. The normalized spacial score (nSPS) is 16.4. The largest absolute Gasteiger partial charge is 0.464 e. The van der Waals surface area contributed by atoms with Gasteiger partial charge in [0.1, 0.15) is 6.04 Å². The summed E-state index contributed by atoms with van der Waals surface area (Å²) in [7, 11) is 0. The van der Waals surface area contributed by atoms with E-state index in [1.54, 1.807) is 24.0 Å². The lowest BCUT2D eigenvalue weighted by atomic mass is 9.93. The van der Waals surface area contributed by atoms with Gasteiger partial charge in [-0.25, -0.2) is 9.78 Å². The van der Waals surface area contributed by atoms with E-state index in [0.717, 1.165) is 11.1 Å². The first kappa shape index (κ1) is 16.2. The number of hydrogen-bond acceptors (Lipinski definition) is 4. The number of ether oxygens (including phenoxy) is 1. The van der Waals surface area contributed by atoms with Gasteiger partial charge in [0, 0.05) is 24.9 Å². The zero-order chi connectivity index (χ0) is 17.1. The Hall–Kier alpha value is -2.69. The van der Waals surface area contributed by atoms with Crippen molar-refractivity contribution in [2.24, 2.45) is 0 Å². The van der Waals surface area contributed by atoms with Crippen LogP contribution in [0.3, 0.4) is 0 Å². The average Bonchev–Trinajstić information content (AvgIpc) is 2.60. The smallest absolute Gasteiger partial charge is 0.329 e. The molecule has 0 bridgehead atoms. The molecule has 4 nitrogen and oxygen atoms in total. The number of halogens is 1. The maximum atomic E-state index is 14.1. The summed E-state index contributed by atoms with van der Waals surface area (Å²) in [5.74, 6) is -0.915. The lowest BCUT2D eigenvalue weighted by molar-refractivity contribution is -0.148. The van der Waals surface area contributed by atoms with Crippen molar-refractivity contribution in [3.63, 3.8) is 0 Å². The molecule has 1 aliphatic heterocycles. The molecule has 0 saturated carbocycles. The summed E-state index contributed by atoms with van der Waals surface area (Å²) in [6.07, 6.45) is 1.90. The van der Waals surface area contributed by atoms with Crippen LogP contribution in [0.4, 0.5) is 4.39 Å². The molecule has 2 heterocycles. The number of benzene rings is 1. The van der Waals surface area contributed by atoms with Crippen LogP contribution in [0.1, 0.15) is 23.6 Å². The van der Waals surface area contributed by atoms with Crippen molar-refractivity contribution >= 4 is 11.7 Å². The van der Waals surface area contributed by atoms with Crippen molar-refractivity contribution in [3.8, 4) is 0 Å². The van der Waals surface area contributed by atoms with Crippen molar-refractivity contribution in [1.82, 2.24) is 9.88 Å². The summed E-state index contributed by atoms with van der Waals surface area (Å²) in [5, 5.41) is 0. The first-order valence-electron chi connectivity index (χ1n) is 7.91. The van der Waals surface area contributed by atoms with Crippen LogP contribution in [-0.2, 0) is 22.5 Å². The Kier molecular flexibility index (Phi) is 4.60. The number of carbonyl (C=O) groups is 1. The first-order valence-corrected chi connectivity index (χ1v) is 7.91. The number of carbonyl (C=O) groups excluding carboxylic acids is 1. The van der Waals surface area contributed by atoms with Crippen molar-refractivity contribution in [2.45, 2.75) is 25.9 Å². The first-order chi connectivity index (χ1) is 11.6. The molecule has 0 aliphatic carbocycles. The van der Waals surface area contributed by atoms with Crippen molar-refractivity contribution in [3.05, 3.63) is 71.8 Å². The van der Waals surface area contributed by atoms with Gasteiger partial charge in [-0.15, -0.1) is 0 Å². The molecule has 5 heteroatoms. The Bertz CT molecular complexity index is 775. The number of esters is 1. The van der Waals surface area contributed by atoms with Gasteiger partial charge in [0.25, 0.3) is 0 Å². The molecule has 24 heavy (non-hydrogen) atoms. The molecule has 0 fully saturated rings. The topological polar surface area (TPSA) is 42.4 Å². The average molecular weight is 326 g/mol. The van der Waals surface area contributed by atoms with Gasteiger partial charge < -0.3 is 9.64 Å². The van der Waals surface area contributed by atoms with E-state index in [1.165, 1.54) is 6.20 Å². The van der Waals surface area contributed by atoms with Crippen molar-refractivity contribution in [1.29, 1.82) is 0 Å². The second kappa shape index (κ2) is 6.83. The van der Waals surface area contributed by atoms with Gasteiger partial charge >= 0.3 is 5.97 Å². The van der Waals surface area contributed by atoms with E-state index in [2.05, 4.69) is 11.6 Å². The fourth-order valence-electron chi connectivity index (χ4n) is 3.01. The molecule has 0 spiro atoms. The second-order valence-electron chi connectivity index (χ2n) is 5.66. The van der Waals surface area contributed by atoms with E-state index >= 15 is 0 Å². The monoisotopic (exact) mass is 326 g/mol. The highest BCUT2D eigenvalue weighted by molar-refractivity contribution is 5.79. The molecule has 0 N–H and O–H groups in total. The molecule has 1 atom stereocenters. The lowest BCUT2D eigenvalue weighted by Crippen LogP contribution is -2.45. The van der Waals surface area contributed by atoms with Crippen LogP contribution in [0.5, 0.6) is 0 Å². The minimum atomic E-state index is -0.594. The van der Waals surface area contributed by atoms with E-state index in [4.69, 9.17) is 4.74 Å². The second-order valence-corrected chi connectivity index (χ2v) is 5.66. The number of pyridine rings is 1. The Morgan fingerprint density at radius 1 is 1.33 bits per heavy atom. The zero-order valence-electron chi connectivity index (χ0n) is 13.5. The van der Waals surface area contributed by atoms with Crippen LogP contribution in [0.25, 0.3) is 5.70 Å². The van der Waals surface area contributed by atoms with E-state index in [-0.39, 0.29) is 5.97 Å². The predicted molar refractivity (Wildman–Crippen MR) is 89.3 cm³/mol. The Morgan fingerprint density at radius 3 is 2.79 bits per heavy atom. The summed E-state index contributed by atoms with van der Waals surface area (Å²) in [4.78, 5) is 17.9. The molecule has 2 aromatic rings. The SMILES string of the molecule is C=C(c1cccnc1F)N1Cc2ccccc2CC1C(=O)OCC. The van der Waals surface area contributed by atoms with Gasteiger partial charge in [-0.2, -0.15) is 4.39 Å². The number of hydrogen-bond donors (Lipinski definition) is 0. The van der Waals surface area contributed by atoms with Crippen LogP contribution < -0.4 is 0 Å². The summed E-state index contributed by atoms with van der Waals surface area (Å²) in [6, 6.07) is 10.7. The van der Waals surface area contributed by atoms with Crippen LogP contribution in [0.2, 0.25) is 0 Å². The molecule has 0 saturated heterocycles. The quantitative estimate of drug-likeness (QED) is 0.639. The van der Waals surface area contributed by atoms with Crippen LogP contribution in [-0.4, -0.2) is 28.5 Å². The zero-order valence-corrected chi connectivity index (χ0v) is 13.5. The van der Waals surface area contributed by atoms with E-state index in [1.807, 2.05) is 24.3 Å². The lowest BCUT2D eigenvalue weighted by Gasteiger charge is -2.38. The third-order valence-corrected chi connectivity index (χ3v) is 4.22. The van der Waals surface area contributed by atoms with Crippen LogP contribution >= 0.6 is 0 Å². The summed E-state index contributed by atoms with van der Waals surface area (Å²) >= 11 is 0. The molecule has 1 unspecified atom stereocenters. The fourth-order valence-corrected chi connectivity index (χ4v) is 3.01. The Balaban J connectivity index is 1.97. The van der Waals surface area contributed by atoms with Crippen LogP contribution in [0, 0.1) is 5.95 Å². The molecule has 3 rings (SSSR count). The maximum absolute atomic E-state index is 14.1. The highest BCUT2D eigenvalue weighted by Crippen LogP contribution is 2.31. The van der Waals surface area contributed by atoms with Gasteiger partial charge in [0.05, 0.1) is 12.2 Å². The number of aromatic nitrogens is 1. The Labute approximate surface area is 140 Å². The molecule has 0 amide bonds. The van der Waals surface area contributed by atoms with Crippen LogP contribution in [0.15, 0.2) is 49.2 Å². The van der Waals surface area contributed by atoms with Gasteiger partial charge in [-0.3, -0.25) is 0 Å². The highest BCUT2D eigenvalue weighted by atomic mass is 19.1. The molecule has 124 valence electrons. The minimum absolute atomic E-state index is 0.297. The molecular formula is C19H19FN2O2. The fraction of sp³-hybridized carbons (Fsp3) is 0.263. The molecule has 1 aromatic heterocycles. The summed E-state index contributed by atoms with van der Waals surface area (Å²) in [5.41, 5.74) is 2.94. The highest BCUT2D eigenvalue weighted by Gasteiger charge is 2.34. The molecule has 0 radical (unpaired) electrons. The standard InChI is InChI=1S/C19H19FN2O2/c1-3-24-19(23)17-11-14-7-4-5-8-15(14)12-22(17)13(2)16-9-6-10-21-18(16)20/h4-10,17H,2-3,11-12H2,1H3. The molecule has 1 aliphatic rings. The number of rotatable bonds is 4. The van der Waals surface area contributed by atoms with E-state index < -0.39 is 12.0 Å². The minimum Gasteiger partial charge on any atom is -0.464 e.